The third-order valence-corrected chi connectivity index (χ3v) is 18.5. The highest BCUT2D eigenvalue weighted by Gasteiger charge is 2.53. The predicted octanol–water partition coefficient (Wildman–Crippen LogP) is 2.12. The molecule has 0 spiro atoms. The van der Waals surface area contributed by atoms with Gasteiger partial charge in [0.15, 0.2) is 48.9 Å². The van der Waals surface area contributed by atoms with Crippen molar-refractivity contribution in [1.29, 1.82) is 0 Å². The van der Waals surface area contributed by atoms with Gasteiger partial charge in [-0.3, -0.25) is 28.8 Å². The number of esters is 4. The molecule has 22 atom stereocenters. The average Bonchev–Trinajstić information content (AvgIpc) is 0.800. The van der Waals surface area contributed by atoms with Crippen LogP contribution in [0.15, 0.2) is 143 Å². The van der Waals surface area contributed by atoms with Gasteiger partial charge in [0, 0.05) is 12.8 Å². The van der Waals surface area contributed by atoms with E-state index < -0.39 is 215 Å². The Hall–Kier alpha value is -6.66. The lowest BCUT2D eigenvalue weighted by Crippen LogP contribution is -2.64. The predicted molar refractivity (Wildman–Crippen MR) is 371 cm³/mol. The number of hydrogen-bond acceptors (Lipinski definition) is 29. The molecule has 0 aromatic rings. The van der Waals surface area contributed by atoms with E-state index in [-0.39, 0.29) is 30.8 Å². The van der Waals surface area contributed by atoms with Crippen molar-refractivity contribution in [2.24, 2.45) is 10.8 Å². The second kappa shape index (κ2) is 40.3. The summed E-state index contributed by atoms with van der Waals surface area (Å²) in [6.07, 6.45) is -9.44. The fraction of sp³-hybridized carbons (Fsp3) is 0.600. The molecule has 580 valence electrons. The molecular formula is C75H106O29. The van der Waals surface area contributed by atoms with Crippen LogP contribution in [0, 0.1) is 10.8 Å². The molecule has 6 rings (SSSR count). The first-order valence-corrected chi connectivity index (χ1v) is 34.4. The van der Waals surface area contributed by atoms with E-state index in [9.17, 15) is 95.2 Å². The van der Waals surface area contributed by atoms with Crippen molar-refractivity contribution >= 4 is 35.4 Å². The van der Waals surface area contributed by atoms with Gasteiger partial charge in [0.05, 0.1) is 38.4 Å². The van der Waals surface area contributed by atoms with Crippen LogP contribution < -0.4 is 0 Å². The summed E-state index contributed by atoms with van der Waals surface area (Å²) >= 11 is 0. The summed E-state index contributed by atoms with van der Waals surface area (Å²) in [6, 6.07) is 0. The number of carbonyl (C=O) groups excluding carboxylic acids is 6. The van der Waals surface area contributed by atoms with Crippen molar-refractivity contribution in [2.75, 3.05) is 19.8 Å². The Morgan fingerprint density at radius 2 is 0.846 bits per heavy atom. The summed E-state index contributed by atoms with van der Waals surface area (Å²) in [7, 11) is 0. The number of hydrogen-bond donors (Lipinski definition) is 13. The van der Waals surface area contributed by atoms with Crippen LogP contribution in [0.2, 0.25) is 0 Å². The van der Waals surface area contributed by atoms with Crippen molar-refractivity contribution in [3.8, 4) is 0 Å². The molecule has 13 N–H and O–H groups in total. The van der Waals surface area contributed by atoms with Gasteiger partial charge >= 0.3 is 23.9 Å². The molecule has 0 saturated carbocycles. The summed E-state index contributed by atoms with van der Waals surface area (Å²) in [5.74, 6) is -4.06. The van der Waals surface area contributed by atoms with Crippen molar-refractivity contribution in [3.05, 3.63) is 143 Å². The minimum Gasteiger partial charge on any atom is -0.463 e. The number of rotatable bonds is 28. The van der Waals surface area contributed by atoms with E-state index in [1.54, 1.807) is 32.9 Å². The Kier molecular flexibility index (Phi) is 34.1. The van der Waals surface area contributed by atoms with E-state index in [2.05, 4.69) is 13.2 Å². The fourth-order valence-electron chi connectivity index (χ4n) is 12.2. The molecule has 4 saturated heterocycles. The zero-order valence-electron chi connectivity index (χ0n) is 60.6. The van der Waals surface area contributed by atoms with Gasteiger partial charge in [0.2, 0.25) is 0 Å². The molecule has 4 heterocycles. The molecule has 22 unspecified atom stereocenters. The Bertz CT molecular complexity index is 3310. The maximum atomic E-state index is 13.3. The molecule has 4 fully saturated rings. The highest BCUT2D eigenvalue weighted by molar-refractivity contribution is 6.02. The molecule has 104 heavy (non-hydrogen) atoms. The summed E-state index contributed by atoms with van der Waals surface area (Å²) in [6.45, 7) is 26.0. The topological polar surface area (TPSA) is 458 Å². The minimum atomic E-state index is -1.93. The smallest absolute Gasteiger partial charge is 0.307 e. The normalized spacial score (nSPS) is 34.5. The van der Waals surface area contributed by atoms with Gasteiger partial charge in [-0.15, -0.1) is 0 Å². The second-order valence-electron chi connectivity index (χ2n) is 27.7. The second-order valence-corrected chi connectivity index (χ2v) is 27.7. The molecule has 0 bridgehead atoms. The molecule has 4 aliphatic heterocycles. The first kappa shape index (κ1) is 88.0. The van der Waals surface area contributed by atoms with Crippen LogP contribution in [-0.4, -0.2) is 257 Å². The quantitative estimate of drug-likeness (QED) is 0.0303. The molecule has 0 aromatic carbocycles. The Morgan fingerprint density at radius 3 is 1.25 bits per heavy atom. The van der Waals surface area contributed by atoms with Crippen molar-refractivity contribution < 1.29 is 143 Å². The average molecular weight is 1470 g/mol. The monoisotopic (exact) mass is 1470 g/mol. The number of aliphatic hydroxyl groups is 13. The standard InChI is InChI=1S/C42H58O15.C33H48O14/c1-8-23(2)12-9-10-13-24(3)14-11-15-25(4)16-17-27-26(5)33(46)28(20-42(27,6)7)54-32(45)19-18-31(44)53-22-30-39(36(49)37(50)40(52)55-30)57-41-38(51)35(48)34(47)29(21-43)56-41;1-7-9-16(3)10-11-18-17(4)24(36)20(14-33(18,5)6)44-23(35)13-12-22(34)43-15-21-30(27(39)28(40)31(42)45-21)47-32-29(41)26(38)25(37)19(8-2)46-32/h8-17,28-30,34-41,43,47-52H,1,18-22H2,2-7H3;7,9-11,19-21,25-32,37-42H,1,8,12-15H2,2-6H3/b10-9+,14-11+,17-16+,23-12+,24-13+,25-15+;11-10+,16-9+. The van der Waals surface area contributed by atoms with Crippen LogP contribution in [0.25, 0.3) is 0 Å². The van der Waals surface area contributed by atoms with Gasteiger partial charge in [0.1, 0.15) is 105 Å². The van der Waals surface area contributed by atoms with E-state index in [0.717, 1.165) is 33.4 Å². The Labute approximate surface area is 605 Å². The van der Waals surface area contributed by atoms with Gasteiger partial charge in [-0.2, -0.15) is 0 Å². The molecule has 0 amide bonds. The van der Waals surface area contributed by atoms with Crippen molar-refractivity contribution in [2.45, 2.75) is 256 Å². The highest BCUT2D eigenvalue weighted by Crippen LogP contribution is 2.43. The molecule has 2 aliphatic carbocycles. The Balaban J connectivity index is 0.000000381. The third-order valence-electron chi connectivity index (χ3n) is 18.5. The molecule has 0 radical (unpaired) electrons. The van der Waals surface area contributed by atoms with Crippen molar-refractivity contribution in [3.63, 3.8) is 0 Å². The lowest BCUT2D eigenvalue weighted by molar-refractivity contribution is -0.355. The largest absolute Gasteiger partial charge is 0.463 e. The van der Waals surface area contributed by atoms with E-state index in [1.165, 1.54) is 0 Å². The number of carbonyl (C=O) groups is 6. The van der Waals surface area contributed by atoms with Crippen LogP contribution in [0.4, 0.5) is 0 Å². The first-order valence-electron chi connectivity index (χ1n) is 34.4. The van der Waals surface area contributed by atoms with E-state index >= 15 is 0 Å². The van der Waals surface area contributed by atoms with Gasteiger partial charge in [-0.25, -0.2) is 0 Å². The van der Waals surface area contributed by atoms with Crippen LogP contribution in [0.3, 0.4) is 0 Å². The zero-order chi connectivity index (χ0) is 77.8. The lowest BCUT2D eigenvalue weighted by Gasteiger charge is -2.45. The van der Waals surface area contributed by atoms with E-state index in [0.29, 0.717) is 11.1 Å². The summed E-state index contributed by atoms with van der Waals surface area (Å²) in [4.78, 5) is 77.0. The van der Waals surface area contributed by atoms with Crippen LogP contribution in [0.5, 0.6) is 0 Å². The Morgan fingerprint density at radius 1 is 0.471 bits per heavy atom. The highest BCUT2D eigenvalue weighted by atomic mass is 16.7. The third kappa shape index (κ3) is 24.2. The molecule has 6 aliphatic rings. The van der Waals surface area contributed by atoms with Crippen LogP contribution in [-0.2, 0) is 76.1 Å². The lowest BCUT2D eigenvalue weighted by atomic mass is 9.71. The fourth-order valence-corrected chi connectivity index (χ4v) is 12.2. The number of ketones is 2. The molecular weight excluding hydrogens is 1360 g/mol. The van der Waals surface area contributed by atoms with Gasteiger partial charge in [-0.05, 0) is 81.1 Å². The maximum Gasteiger partial charge on any atom is 0.307 e. The first-order chi connectivity index (χ1) is 48.8. The minimum absolute atomic E-state index is 0.214. The number of aliphatic hydroxyl groups excluding tert-OH is 13. The van der Waals surface area contributed by atoms with E-state index in [4.69, 9.17) is 47.4 Å². The summed E-state index contributed by atoms with van der Waals surface area (Å²) in [5, 5.41) is 132. The SMILES string of the molecule is C=C/C(C)=C/C=C/C=C(C)/C=C/C=C(C)/C=C/C1=C(C)C(=O)C(OC(=O)CCC(=O)OCC2OC(O)C(O)C(O)C2OC2OC(CO)C(O)C(O)C2O)CC1(C)C.C=C/C=C(C)/C=C/C1=C(C)C(=O)C(OC(=O)CCC(=O)OCC2OC(O)C(O)C(O)C2OC2OC(CC)C(O)C(O)C2O)CC1(C)C. The van der Waals surface area contributed by atoms with Gasteiger partial charge in [0.25, 0.3) is 0 Å². The van der Waals surface area contributed by atoms with Gasteiger partial charge < -0.3 is 114 Å². The van der Waals surface area contributed by atoms with Crippen LogP contribution >= 0.6 is 0 Å². The number of allylic oxidation sites excluding steroid dienone is 20. The number of Topliss-reactive ketones (excluding diaryl/α,β-unsaturated/α-hetero) is 2. The maximum absolute atomic E-state index is 13.3. The van der Waals surface area contributed by atoms with Crippen LogP contribution in [0.1, 0.15) is 121 Å². The van der Waals surface area contributed by atoms with Gasteiger partial charge in [-0.1, -0.05) is 155 Å². The van der Waals surface area contributed by atoms with Crippen molar-refractivity contribution in [1.82, 2.24) is 0 Å². The molecule has 29 nitrogen and oxygen atoms in total. The zero-order valence-corrected chi connectivity index (χ0v) is 60.6. The molecule has 29 heteroatoms. The summed E-state index contributed by atoms with van der Waals surface area (Å²) in [5.41, 5.74) is 5.60. The summed E-state index contributed by atoms with van der Waals surface area (Å²) < 4.78 is 53.9. The number of ether oxygens (including phenoxy) is 10. The van der Waals surface area contributed by atoms with E-state index in [1.807, 2.05) is 128 Å². The molecule has 0 aromatic heterocycles.